The second kappa shape index (κ2) is 4.36. The summed E-state index contributed by atoms with van der Waals surface area (Å²) in [5.74, 6) is -1.55. The third kappa shape index (κ3) is 2.13. The highest BCUT2D eigenvalue weighted by Crippen LogP contribution is 2.29. The Morgan fingerprint density at radius 1 is 1.56 bits per heavy atom. The van der Waals surface area contributed by atoms with E-state index in [1.54, 1.807) is 18.5 Å². The van der Waals surface area contributed by atoms with Crippen molar-refractivity contribution in [3.63, 3.8) is 0 Å². The molecule has 1 aromatic heterocycles. The van der Waals surface area contributed by atoms with E-state index in [1.165, 1.54) is 16.8 Å². The van der Waals surface area contributed by atoms with Crippen LogP contribution >= 0.6 is 0 Å². The maximum absolute atomic E-state index is 12.1. The lowest BCUT2D eigenvalue weighted by Crippen LogP contribution is -2.53. The molecule has 0 aliphatic carbocycles. The van der Waals surface area contributed by atoms with Gasteiger partial charge in [0.1, 0.15) is 0 Å². The number of rotatable bonds is 4. The Hall–Kier alpha value is -1.41. The molecule has 1 aromatic rings. The van der Waals surface area contributed by atoms with Crippen LogP contribution in [0.15, 0.2) is 17.6 Å². The molecular formula is C10H15N3O4S. The first-order valence-corrected chi connectivity index (χ1v) is 6.97. The van der Waals surface area contributed by atoms with Gasteiger partial charge in [-0.25, -0.2) is 13.4 Å². The lowest BCUT2D eigenvalue weighted by Gasteiger charge is -2.39. The molecule has 0 aromatic carbocycles. The predicted octanol–water partition coefficient (Wildman–Crippen LogP) is -0.239. The summed E-state index contributed by atoms with van der Waals surface area (Å²) in [6.07, 6.45) is 2.85. The smallest absolute Gasteiger partial charge is 0.306 e. The lowest BCUT2D eigenvalue weighted by molar-refractivity contribution is -0.144. The molecule has 0 saturated carbocycles. The molecule has 7 nitrogen and oxygen atoms in total. The van der Waals surface area contributed by atoms with Crippen LogP contribution in [-0.2, 0) is 21.9 Å². The summed E-state index contributed by atoms with van der Waals surface area (Å²) in [5.41, 5.74) is 0. The number of aryl methyl sites for hydroxylation is 1. The zero-order valence-corrected chi connectivity index (χ0v) is 11.0. The first-order chi connectivity index (χ1) is 8.32. The minimum absolute atomic E-state index is 0.00595. The molecule has 0 amide bonds. The second-order valence-corrected chi connectivity index (χ2v) is 6.47. The van der Waals surface area contributed by atoms with E-state index in [1.807, 2.05) is 0 Å². The molecule has 1 fully saturated rings. The molecule has 8 heteroatoms. The number of imidazole rings is 1. The fourth-order valence-electron chi connectivity index (χ4n) is 1.84. The van der Waals surface area contributed by atoms with E-state index in [-0.39, 0.29) is 24.0 Å². The number of nitrogens with zero attached hydrogens (tertiary/aromatic N) is 3. The van der Waals surface area contributed by atoms with E-state index in [4.69, 9.17) is 5.11 Å². The van der Waals surface area contributed by atoms with E-state index in [2.05, 4.69) is 4.98 Å². The van der Waals surface area contributed by atoms with Gasteiger partial charge in [0, 0.05) is 26.3 Å². The minimum atomic E-state index is -3.57. The molecule has 0 bridgehead atoms. The molecule has 1 aliphatic rings. The van der Waals surface area contributed by atoms with Crippen molar-refractivity contribution in [1.29, 1.82) is 0 Å². The maximum atomic E-state index is 12.1. The Balaban J connectivity index is 2.06. The average molecular weight is 273 g/mol. The van der Waals surface area contributed by atoms with Gasteiger partial charge in [0.2, 0.25) is 0 Å². The number of sulfonamides is 1. The summed E-state index contributed by atoms with van der Waals surface area (Å²) in [6.45, 7) is 2.08. The molecule has 18 heavy (non-hydrogen) atoms. The highest BCUT2D eigenvalue weighted by atomic mass is 32.2. The Bertz CT molecular complexity index is 559. The molecule has 1 unspecified atom stereocenters. The van der Waals surface area contributed by atoms with Gasteiger partial charge in [-0.2, -0.15) is 4.31 Å². The predicted molar refractivity (Wildman–Crippen MR) is 62.3 cm³/mol. The zero-order valence-electron chi connectivity index (χ0n) is 10.1. The first-order valence-electron chi connectivity index (χ1n) is 5.53. The SMILES string of the molecule is CC(C(=O)O)C1CN(S(=O)(=O)c2cn(C)cn2)C1. The van der Waals surface area contributed by atoms with Crippen molar-refractivity contribution in [3.8, 4) is 0 Å². The van der Waals surface area contributed by atoms with Crippen LogP contribution in [0.1, 0.15) is 6.92 Å². The molecule has 2 heterocycles. The van der Waals surface area contributed by atoms with Crippen LogP contribution in [0.5, 0.6) is 0 Å². The van der Waals surface area contributed by atoms with Gasteiger partial charge in [-0.1, -0.05) is 6.92 Å². The molecule has 1 saturated heterocycles. The number of hydrogen-bond acceptors (Lipinski definition) is 4. The summed E-state index contributed by atoms with van der Waals surface area (Å²) in [7, 11) is -1.87. The summed E-state index contributed by atoms with van der Waals surface area (Å²) < 4.78 is 27.0. The normalized spacial score (nSPS) is 19.4. The van der Waals surface area contributed by atoms with Crippen LogP contribution in [0.25, 0.3) is 0 Å². The quantitative estimate of drug-likeness (QED) is 0.817. The Morgan fingerprint density at radius 2 is 2.17 bits per heavy atom. The van der Waals surface area contributed by atoms with E-state index in [0.717, 1.165) is 0 Å². The molecule has 0 radical (unpaired) electrons. The molecule has 0 spiro atoms. The standard InChI is InChI=1S/C10H15N3O4S/c1-7(10(14)15)8-3-13(4-8)18(16,17)9-5-12(2)6-11-9/h5-8H,3-4H2,1-2H3,(H,14,15). The molecule has 1 atom stereocenters. The number of hydrogen-bond donors (Lipinski definition) is 1. The van der Waals surface area contributed by atoms with Gasteiger partial charge in [-0.15, -0.1) is 0 Å². The zero-order chi connectivity index (χ0) is 13.5. The van der Waals surface area contributed by atoms with Gasteiger partial charge in [0.05, 0.1) is 12.2 Å². The van der Waals surface area contributed by atoms with Crippen LogP contribution in [0.3, 0.4) is 0 Å². The van der Waals surface area contributed by atoms with Crippen molar-refractivity contribution in [2.45, 2.75) is 11.9 Å². The number of carboxylic acid groups (broad SMARTS) is 1. The monoisotopic (exact) mass is 273 g/mol. The van der Waals surface area contributed by atoms with Crippen LogP contribution in [0, 0.1) is 11.8 Å². The van der Waals surface area contributed by atoms with Crippen LogP contribution in [-0.4, -0.2) is 46.4 Å². The van der Waals surface area contributed by atoms with Gasteiger partial charge >= 0.3 is 5.97 Å². The summed E-state index contributed by atoms with van der Waals surface area (Å²) in [6, 6.07) is 0. The third-order valence-electron chi connectivity index (χ3n) is 3.26. The largest absolute Gasteiger partial charge is 0.481 e. The van der Waals surface area contributed by atoms with Gasteiger partial charge in [0.15, 0.2) is 5.03 Å². The minimum Gasteiger partial charge on any atom is -0.481 e. The Kier molecular flexibility index (Phi) is 3.16. The van der Waals surface area contributed by atoms with Crippen LogP contribution in [0.2, 0.25) is 0 Å². The van der Waals surface area contributed by atoms with Crippen molar-refractivity contribution in [2.75, 3.05) is 13.1 Å². The van der Waals surface area contributed by atoms with Gasteiger partial charge in [-0.3, -0.25) is 4.79 Å². The lowest BCUT2D eigenvalue weighted by atomic mass is 9.89. The van der Waals surface area contributed by atoms with Crippen molar-refractivity contribution >= 4 is 16.0 Å². The first kappa shape index (κ1) is 13.0. The van der Waals surface area contributed by atoms with Crippen LogP contribution in [0.4, 0.5) is 0 Å². The van der Waals surface area contributed by atoms with Crippen molar-refractivity contribution in [3.05, 3.63) is 12.5 Å². The Morgan fingerprint density at radius 3 is 2.61 bits per heavy atom. The Labute approximate surface area is 105 Å². The van der Waals surface area contributed by atoms with Crippen molar-refractivity contribution in [1.82, 2.24) is 13.9 Å². The second-order valence-electron chi connectivity index (χ2n) is 4.59. The van der Waals surface area contributed by atoms with E-state index in [9.17, 15) is 13.2 Å². The number of carbonyl (C=O) groups is 1. The number of aliphatic carboxylic acids is 1. The average Bonchev–Trinajstić information content (AvgIpc) is 2.62. The molecule has 100 valence electrons. The molecule has 1 aliphatic heterocycles. The summed E-state index contributed by atoms with van der Waals surface area (Å²) >= 11 is 0. The van der Waals surface area contributed by atoms with E-state index in [0.29, 0.717) is 0 Å². The van der Waals surface area contributed by atoms with Gasteiger partial charge in [0.25, 0.3) is 10.0 Å². The van der Waals surface area contributed by atoms with E-state index < -0.39 is 21.9 Å². The highest BCUT2D eigenvalue weighted by molar-refractivity contribution is 7.89. The summed E-state index contributed by atoms with van der Waals surface area (Å²) in [5, 5.41) is 8.85. The number of aromatic nitrogens is 2. The number of carboxylic acids is 1. The topological polar surface area (TPSA) is 92.5 Å². The summed E-state index contributed by atoms with van der Waals surface area (Å²) in [4.78, 5) is 14.6. The third-order valence-corrected chi connectivity index (χ3v) is 4.98. The molecule has 2 rings (SSSR count). The van der Waals surface area contributed by atoms with Crippen LogP contribution < -0.4 is 0 Å². The van der Waals surface area contributed by atoms with Gasteiger partial charge < -0.3 is 9.67 Å². The molecular weight excluding hydrogens is 258 g/mol. The van der Waals surface area contributed by atoms with Crippen molar-refractivity contribution in [2.24, 2.45) is 18.9 Å². The molecule has 1 N–H and O–H groups in total. The fourth-order valence-corrected chi connectivity index (χ4v) is 3.36. The maximum Gasteiger partial charge on any atom is 0.306 e. The van der Waals surface area contributed by atoms with E-state index >= 15 is 0 Å². The fraction of sp³-hybridized carbons (Fsp3) is 0.600. The highest BCUT2D eigenvalue weighted by Gasteiger charge is 2.42. The van der Waals surface area contributed by atoms with Gasteiger partial charge in [-0.05, 0) is 5.92 Å². The van der Waals surface area contributed by atoms with Crippen molar-refractivity contribution < 1.29 is 18.3 Å².